The van der Waals surface area contributed by atoms with Crippen LogP contribution < -0.4 is 5.32 Å². The first-order valence-corrected chi connectivity index (χ1v) is 18.6. The number of carbonyl (C=O) groups is 1. The average Bonchev–Trinajstić information content (AvgIpc) is 3.49. The Bertz CT molecular complexity index is 1320. The van der Waals surface area contributed by atoms with Gasteiger partial charge in [0.15, 0.2) is 31.5 Å². The van der Waals surface area contributed by atoms with E-state index in [1.165, 1.54) is 0 Å². The lowest BCUT2D eigenvalue weighted by molar-refractivity contribution is -0.395. The molecule has 25 atom stereocenters. The van der Waals surface area contributed by atoms with Crippen molar-refractivity contribution >= 4 is 5.91 Å². The number of hydrogen-bond acceptors (Lipinski definition) is 26. The van der Waals surface area contributed by atoms with Gasteiger partial charge in [-0.05, 0) is 0 Å². The van der Waals surface area contributed by atoms with Gasteiger partial charge in [-0.1, -0.05) is 0 Å². The molecule has 5 saturated heterocycles. The second-order valence-electron chi connectivity index (χ2n) is 14.7. The number of rotatable bonds is 15. The van der Waals surface area contributed by atoms with Gasteiger partial charge >= 0.3 is 0 Å². The first kappa shape index (κ1) is 48.5. The Labute approximate surface area is 333 Å². The third-order valence-electron chi connectivity index (χ3n) is 10.7. The van der Waals surface area contributed by atoms with Gasteiger partial charge in [-0.15, -0.1) is 0 Å². The monoisotopic (exact) mass is 869 g/mol. The summed E-state index contributed by atoms with van der Waals surface area (Å²) in [5, 5.41) is 169. The van der Waals surface area contributed by atoms with Crippen LogP contribution >= 0.6 is 0 Å². The van der Waals surface area contributed by atoms with Crippen molar-refractivity contribution in [3.8, 4) is 0 Å². The van der Waals surface area contributed by atoms with E-state index in [2.05, 4.69) is 5.32 Å². The molecule has 1 unspecified atom stereocenters. The van der Waals surface area contributed by atoms with Gasteiger partial charge in [0.25, 0.3) is 0 Å². The van der Waals surface area contributed by atoms with Crippen LogP contribution in [0, 0.1) is 0 Å². The number of nitrogens with one attached hydrogen (secondary N) is 1. The molecule has 0 aromatic carbocycles. The van der Waals surface area contributed by atoms with E-state index in [9.17, 15) is 86.5 Å². The van der Waals surface area contributed by atoms with Crippen LogP contribution in [0.15, 0.2) is 0 Å². The van der Waals surface area contributed by atoms with E-state index in [4.69, 9.17) is 42.6 Å². The summed E-state index contributed by atoms with van der Waals surface area (Å²) < 4.78 is 51.1. The molecule has 0 aromatic heterocycles. The Morgan fingerprint density at radius 1 is 0.525 bits per heavy atom. The smallest absolute Gasteiger partial charge is 0.217 e. The maximum absolute atomic E-state index is 11.9. The average molecular weight is 870 g/mol. The maximum atomic E-state index is 11.9. The van der Waals surface area contributed by atoms with Crippen LogP contribution in [-0.2, 0) is 47.4 Å². The molecule has 5 aliphatic rings. The normalized spacial score (nSPS) is 50.1. The summed E-state index contributed by atoms with van der Waals surface area (Å²) in [5.41, 5.74) is 0. The third kappa shape index (κ3) is 10.3. The second kappa shape index (κ2) is 20.8. The Balaban J connectivity index is 1.46. The molecule has 0 bridgehead atoms. The van der Waals surface area contributed by atoms with E-state index in [1.807, 2.05) is 0 Å². The zero-order valence-corrected chi connectivity index (χ0v) is 31.2. The lowest BCUT2D eigenvalue weighted by Crippen LogP contribution is -2.68. The van der Waals surface area contributed by atoms with E-state index in [0.717, 1.165) is 6.92 Å². The molecule has 59 heavy (non-hydrogen) atoms. The zero-order valence-electron chi connectivity index (χ0n) is 31.2. The molecule has 27 heteroatoms. The Kier molecular flexibility index (Phi) is 17.1. The topological polar surface area (TPSA) is 436 Å². The second-order valence-corrected chi connectivity index (χ2v) is 14.7. The van der Waals surface area contributed by atoms with Crippen molar-refractivity contribution in [2.45, 2.75) is 160 Å². The summed E-state index contributed by atoms with van der Waals surface area (Å²) in [6, 6.07) is -1.60. The number of hydrogen-bond donors (Lipinski definition) is 17. The molecular weight excluding hydrogens is 814 g/mol. The summed E-state index contributed by atoms with van der Waals surface area (Å²) in [6.45, 7) is -3.51. The van der Waals surface area contributed by atoms with Gasteiger partial charge in [-0.2, -0.15) is 0 Å². The molecule has 0 radical (unpaired) electrons. The lowest BCUT2D eigenvalue weighted by Gasteiger charge is -2.49. The highest BCUT2D eigenvalue weighted by atomic mass is 16.8. The van der Waals surface area contributed by atoms with Crippen LogP contribution in [0.25, 0.3) is 0 Å². The molecular formula is C32H55NO26. The molecule has 5 aliphatic heterocycles. The minimum Gasteiger partial charge on any atom is -0.394 e. The number of aliphatic hydroxyl groups is 16. The van der Waals surface area contributed by atoms with Crippen molar-refractivity contribution in [2.24, 2.45) is 0 Å². The van der Waals surface area contributed by atoms with Gasteiger partial charge < -0.3 is 130 Å². The summed E-state index contributed by atoms with van der Waals surface area (Å²) >= 11 is 0. The van der Waals surface area contributed by atoms with E-state index >= 15 is 0 Å². The molecule has 1 amide bonds. The van der Waals surface area contributed by atoms with Crippen LogP contribution in [0.3, 0.4) is 0 Å². The van der Waals surface area contributed by atoms with Gasteiger partial charge in [-0.3, -0.25) is 4.79 Å². The Morgan fingerprint density at radius 3 is 1.49 bits per heavy atom. The van der Waals surface area contributed by atoms with E-state index in [0.29, 0.717) is 0 Å². The largest absolute Gasteiger partial charge is 0.394 e. The third-order valence-corrected chi connectivity index (χ3v) is 10.7. The molecule has 344 valence electrons. The van der Waals surface area contributed by atoms with E-state index in [1.54, 1.807) is 0 Å². The number of ether oxygens (including phenoxy) is 9. The summed E-state index contributed by atoms with van der Waals surface area (Å²) in [4.78, 5) is 11.9. The summed E-state index contributed by atoms with van der Waals surface area (Å²) in [5.74, 6) is -0.744. The highest BCUT2D eigenvalue weighted by molar-refractivity contribution is 5.73. The van der Waals surface area contributed by atoms with Crippen LogP contribution in [0.1, 0.15) is 6.92 Å². The Hall–Kier alpha value is -1.53. The first-order valence-electron chi connectivity index (χ1n) is 18.6. The fraction of sp³-hybridized carbons (Fsp3) is 0.969. The van der Waals surface area contributed by atoms with Crippen molar-refractivity contribution in [2.75, 3.05) is 33.0 Å². The van der Waals surface area contributed by atoms with Crippen molar-refractivity contribution in [3.63, 3.8) is 0 Å². The molecule has 0 aromatic rings. The molecule has 5 fully saturated rings. The molecule has 27 nitrogen and oxygen atoms in total. The van der Waals surface area contributed by atoms with Crippen molar-refractivity contribution < 1.29 is 129 Å². The quantitative estimate of drug-likeness (QED) is 0.0726. The molecule has 0 saturated carbocycles. The summed E-state index contributed by atoms with van der Waals surface area (Å²) in [7, 11) is 0. The van der Waals surface area contributed by atoms with Crippen LogP contribution in [0.5, 0.6) is 0 Å². The van der Waals surface area contributed by atoms with E-state index in [-0.39, 0.29) is 0 Å². The lowest BCUT2D eigenvalue weighted by atomic mass is 9.95. The molecule has 0 spiro atoms. The van der Waals surface area contributed by atoms with Crippen molar-refractivity contribution in [3.05, 3.63) is 0 Å². The van der Waals surface area contributed by atoms with Crippen LogP contribution in [-0.4, -0.2) is 274 Å². The fourth-order valence-electron chi connectivity index (χ4n) is 7.32. The predicted molar refractivity (Wildman–Crippen MR) is 178 cm³/mol. The predicted octanol–water partition coefficient (Wildman–Crippen LogP) is -11.8. The molecule has 5 heterocycles. The Morgan fingerprint density at radius 2 is 0.983 bits per heavy atom. The first-order chi connectivity index (χ1) is 27.9. The van der Waals surface area contributed by atoms with Gasteiger partial charge in [0, 0.05) is 6.92 Å². The number of amides is 1. The minimum atomic E-state index is -2.09. The highest BCUT2D eigenvalue weighted by Gasteiger charge is 2.56. The van der Waals surface area contributed by atoms with Crippen LogP contribution in [0.2, 0.25) is 0 Å². The van der Waals surface area contributed by atoms with Gasteiger partial charge in [0.05, 0.1) is 33.0 Å². The zero-order chi connectivity index (χ0) is 43.6. The van der Waals surface area contributed by atoms with Crippen LogP contribution in [0.4, 0.5) is 0 Å². The van der Waals surface area contributed by atoms with Gasteiger partial charge in [0.2, 0.25) is 5.91 Å². The van der Waals surface area contributed by atoms with E-state index < -0.39 is 192 Å². The molecule has 17 N–H and O–H groups in total. The fourth-order valence-corrected chi connectivity index (χ4v) is 7.32. The molecule has 5 rings (SSSR count). The SMILES string of the molecule is CC(=O)N[C@H]1C(O)O[C@H](CO[C@@H]2O[C@H](CO)[C@H](O)[C@H](O[C@@H]3O[C@H](CO)[C@H](O)[C@H](O)[C@H]3O)[C@H]2O[C@@H]2O[C@H](CO)[C@H](O)[C@H](O)[C@H]2O)[C@@H](O[C@@H]2O[C@@H]([C@H](O)CO)[C@H](O)[C@H]2O)[C@@H]1O. The summed E-state index contributed by atoms with van der Waals surface area (Å²) in [6.07, 6.45) is -44.7. The highest BCUT2D eigenvalue weighted by Crippen LogP contribution is 2.36. The number of carbonyl (C=O) groups excluding carboxylic acids is 1. The minimum absolute atomic E-state index is 0.744. The number of aliphatic hydroxyl groups excluding tert-OH is 16. The van der Waals surface area contributed by atoms with Gasteiger partial charge in [0.1, 0.15) is 122 Å². The van der Waals surface area contributed by atoms with Crippen molar-refractivity contribution in [1.82, 2.24) is 5.32 Å². The van der Waals surface area contributed by atoms with Crippen molar-refractivity contribution in [1.29, 1.82) is 0 Å². The van der Waals surface area contributed by atoms with Gasteiger partial charge in [-0.25, -0.2) is 0 Å². The molecule has 0 aliphatic carbocycles. The standard InChI is InChI=1S/C32H55NO26/c1-7(38)33-13-17(43)25(57-31-23(49)20(46)24(56-31)8(39)2-34)12(52-28(13)50)6-51-32-27(59-30-22(48)19(45)15(41)10(4-36)54-30)26(16(42)11(5-37)55-32)58-29-21(47)18(44)14(40)9(3-35)53-29/h8-32,34-37,39-50H,2-6H2,1H3,(H,33,38)/t8-,9-,10-,11-,12-,13-,14+,15+,16+,17-,18+,19+,20-,21-,22-,23-,24+,25-,26+,27-,28?,29+,30+,31+,32-/m1/s1. The maximum Gasteiger partial charge on any atom is 0.217 e.